The van der Waals surface area contributed by atoms with Crippen LogP contribution in [0.15, 0.2) is 89.4 Å². The standard InChI is InChI=1S/C57H78N12O10S2/c1-38-32-60-55(65-52(38)62-43-10-9-11-46(30-43)81(75,76)66-57(6,7)8)63-42-16-18-44(19-17-42)68-23-21-67(22-24-68)35-48(71)58-20-25-77-26-27-78-28-29-79-36-49(72)64-51(56(3,4)5)54(74)69-34-45(70)31-47(69)53(73)59-33-40-12-14-41(15-13-40)50-39(2)61-37-80-50/h9-19,30,32,37,45,47,51,66,70H,20-29,31,33-36H2,1-8H3,(H,58,71)(H,59,73)(H,64,72)(H2,60,62,63,65)/t45-,47+,51-/m1/s1. The molecule has 0 spiro atoms. The van der Waals surface area contributed by atoms with Crippen molar-refractivity contribution in [1.29, 1.82) is 0 Å². The zero-order valence-electron chi connectivity index (χ0n) is 47.5. The number of benzene rings is 3. The highest BCUT2D eigenvalue weighted by atomic mass is 32.2. The number of hydrogen-bond acceptors (Lipinski definition) is 18. The molecule has 22 nitrogen and oxygen atoms in total. The first kappa shape index (κ1) is 62.0. The lowest BCUT2D eigenvalue weighted by molar-refractivity contribution is -0.144. The molecule has 2 fully saturated rings. The number of aliphatic hydroxyl groups excluding tert-OH is 1. The minimum atomic E-state index is -3.72. The quantitative estimate of drug-likeness (QED) is 0.0364. The summed E-state index contributed by atoms with van der Waals surface area (Å²) >= 11 is 1.57. The molecule has 4 amide bonds. The Bertz CT molecular complexity index is 3020. The SMILES string of the molecule is Cc1cnc(Nc2ccc(N3CCN(CC(=O)NCCOCCOCCOCC(=O)N[C@H](C(=O)N4C[C@H](O)C[C@H]4C(=O)NCc4ccc(-c5scnc5C)cc4)C(C)(C)C)CC3)cc2)nc1Nc1cccc(S(=O)(=O)NC(C)(C)C)c1. The molecule has 2 aliphatic rings. The maximum atomic E-state index is 14.0. The Labute approximate surface area is 479 Å². The van der Waals surface area contributed by atoms with Crippen LogP contribution in [-0.2, 0) is 50.0 Å². The number of likely N-dealkylation sites (tertiary alicyclic amines) is 1. The lowest BCUT2D eigenvalue weighted by Crippen LogP contribution is -2.58. The molecule has 3 atom stereocenters. The normalized spacial score (nSPS) is 16.5. The highest BCUT2D eigenvalue weighted by molar-refractivity contribution is 7.89. The third kappa shape index (κ3) is 18.7. The third-order valence-electron chi connectivity index (χ3n) is 13.3. The molecule has 7 rings (SSSR count). The van der Waals surface area contributed by atoms with Gasteiger partial charge in [0.1, 0.15) is 24.5 Å². The van der Waals surface area contributed by atoms with Gasteiger partial charge in [0, 0.05) is 86.6 Å². The van der Waals surface area contributed by atoms with Crippen molar-refractivity contribution < 1.29 is 46.9 Å². The van der Waals surface area contributed by atoms with Crippen LogP contribution in [0.5, 0.6) is 0 Å². The zero-order valence-corrected chi connectivity index (χ0v) is 49.2. The number of rotatable bonds is 26. The van der Waals surface area contributed by atoms with E-state index in [0.717, 1.165) is 64.8 Å². The second-order valence-electron chi connectivity index (χ2n) is 22.2. The second-order valence-corrected chi connectivity index (χ2v) is 24.8. The van der Waals surface area contributed by atoms with Crippen LogP contribution in [-0.4, -0.2) is 171 Å². The van der Waals surface area contributed by atoms with Gasteiger partial charge in [0.15, 0.2) is 0 Å². The molecule has 2 aromatic heterocycles. The number of ether oxygens (including phenoxy) is 3. The van der Waals surface area contributed by atoms with Gasteiger partial charge in [-0.25, -0.2) is 23.1 Å². The number of hydrogen-bond donors (Lipinski definition) is 7. The van der Waals surface area contributed by atoms with Crippen molar-refractivity contribution in [3.05, 3.63) is 101 Å². The topological polar surface area (TPSA) is 271 Å². The van der Waals surface area contributed by atoms with E-state index in [1.165, 1.54) is 4.90 Å². The summed E-state index contributed by atoms with van der Waals surface area (Å²) in [6.45, 7) is 19.4. The Morgan fingerprint density at radius 2 is 1.49 bits per heavy atom. The van der Waals surface area contributed by atoms with Gasteiger partial charge in [-0.2, -0.15) is 4.98 Å². The van der Waals surface area contributed by atoms with Crippen molar-refractivity contribution in [1.82, 2.24) is 45.4 Å². The first-order valence-corrected chi connectivity index (χ1v) is 29.5. The summed E-state index contributed by atoms with van der Waals surface area (Å²) in [7, 11) is -3.72. The number of aromatic nitrogens is 3. The van der Waals surface area contributed by atoms with Crippen molar-refractivity contribution in [3.63, 3.8) is 0 Å². The fourth-order valence-corrected chi connectivity index (χ4v) is 11.4. The molecule has 0 unspecified atom stereocenters. The Morgan fingerprint density at radius 3 is 2.16 bits per heavy atom. The molecule has 5 aromatic rings. The molecule has 81 heavy (non-hydrogen) atoms. The van der Waals surface area contributed by atoms with Crippen molar-refractivity contribution in [2.75, 3.05) is 101 Å². The fraction of sp³-hybridized carbons (Fsp3) is 0.491. The average molecular weight is 1160 g/mol. The van der Waals surface area contributed by atoms with Crippen LogP contribution in [0.3, 0.4) is 0 Å². The van der Waals surface area contributed by atoms with Crippen molar-refractivity contribution >= 4 is 73.8 Å². The molecule has 0 bridgehead atoms. The molecule has 4 heterocycles. The van der Waals surface area contributed by atoms with E-state index < -0.39 is 51.0 Å². The van der Waals surface area contributed by atoms with E-state index in [0.29, 0.717) is 37.2 Å². The first-order chi connectivity index (χ1) is 38.5. The van der Waals surface area contributed by atoms with Crippen molar-refractivity contribution in [3.8, 4) is 10.4 Å². The predicted molar refractivity (Wildman–Crippen MR) is 312 cm³/mol. The van der Waals surface area contributed by atoms with E-state index in [1.807, 2.05) is 83.1 Å². The van der Waals surface area contributed by atoms with Gasteiger partial charge in [-0.05, 0) is 93.6 Å². The first-order valence-electron chi connectivity index (χ1n) is 27.2. The molecule has 7 N–H and O–H groups in total. The molecular formula is C57H78N12O10S2. The van der Waals surface area contributed by atoms with Crippen LogP contribution in [0.2, 0.25) is 0 Å². The number of sulfonamides is 1. The van der Waals surface area contributed by atoms with Gasteiger partial charge >= 0.3 is 0 Å². The highest BCUT2D eigenvalue weighted by Crippen LogP contribution is 2.30. The summed E-state index contributed by atoms with van der Waals surface area (Å²) < 4.78 is 45.3. The maximum absolute atomic E-state index is 14.0. The van der Waals surface area contributed by atoms with Gasteiger partial charge in [-0.15, -0.1) is 11.3 Å². The van der Waals surface area contributed by atoms with E-state index in [2.05, 4.69) is 56.1 Å². The van der Waals surface area contributed by atoms with Crippen LogP contribution in [0, 0.1) is 19.3 Å². The van der Waals surface area contributed by atoms with Crippen molar-refractivity contribution in [2.45, 2.75) is 97.0 Å². The number of amides is 4. The lowest BCUT2D eigenvalue weighted by Gasteiger charge is -2.35. The van der Waals surface area contributed by atoms with E-state index in [1.54, 1.807) is 68.1 Å². The van der Waals surface area contributed by atoms with Crippen LogP contribution in [0.1, 0.15) is 64.8 Å². The fourth-order valence-electron chi connectivity index (χ4n) is 9.13. The number of carbonyl (C=O) groups excluding carboxylic acids is 4. The zero-order chi connectivity index (χ0) is 58.3. The van der Waals surface area contributed by atoms with Crippen LogP contribution in [0.25, 0.3) is 10.4 Å². The summed E-state index contributed by atoms with van der Waals surface area (Å²) in [5.41, 5.74) is 6.56. The van der Waals surface area contributed by atoms with Gasteiger partial charge in [0.2, 0.25) is 39.6 Å². The van der Waals surface area contributed by atoms with E-state index in [4.69, 9.17) is 14.2 Å². The van der Waals surface area contributed by atoms with Gasteiger partial charge in [0.05, 0.1) is 66.7 Å². The number of thiazole rings is 1. The Morgan fingerprint density at radius 1 is 0.802 bits per heavy atom. The number of β-amino-alcohol motifs (C(OH)–C–C–N with tert-alkyl or cyclic N) is 1. The second kappa shape index (κ2) is 28.4. The minimum absolute atomic E-state index is 0.0295. The maximum Gasteiger partial charge on any atom is 0.246 e. The molecule has 0 aliphatic carbocycles. The minimum Gasteiger partial charge on any atom is -0.391 e. The average Bonchev–Trinajstić information content (AvgIpc) is 4.04. The van der Waals surface area contributed by atoms with Crippen LogP contribution in [0.4, 0.5) is 28.8 Å². The van der Waals surface area contributed by atoms with Crippen LogP contribution < -0.4 is 36.2 Å². The van der Waals surface area contributed by atoms with Gasteiger partial charge in [-0.3, -0.25) is 24.1 Å². The monoisotopic (exact) mass is 1150 g/mol. The summed E-state index contributed by atoms with van der Waals surface area (Å²) in [4.78, 5) is 73.6. The third-order valence-corrected chi connectivity index (χ3v) is 16.0. The molecule has 3 aromatic carbocycles. The Balaban J connectivity index is 0.722. The van der Waals surface area contributed by atoms with E-state index in [-0.39, 0.29) is 69.2 Å². The number of carbonyl (C=O) groups is 4. The summed E-state index contributed by atoms with van der Waals surface area (Å²) in [6.07, 6.45) is 0.897. The highest BCUT2D eigenvalue weighted by Gasteiger charge is 2.44. The number of nitrogens with one attached hydrogen (secondary N) is 6. The number of aliphatic hydroxyl groups is 1. The Hall–Kier alpha value is -6.64. The predicted octanol–water partition coefficient (Wildman–Crippen LogP) is 4.88. The molecule has 2 saturated heterocycles. The van der Waals surface area contributed by atoms with Crippen molar-refractivity contribution in [2.24, 2.45) is 5.41 Å². The summed E-state index contributed by atoms with van der Waals surface area (Å²) in [5, 5.41) is 25.7. The van der Waals surface area contributed by atoms with Gasteiger partial charge in [0.25, 0.3) is 0 Å². The molecule has 24 heteroatoms. The molecule has 438 valence electrons. The number of nitrogens with zero attached hydrogens (tertiary/aromatic N) is 6. The van der Waals surface area contributed by atoms with Gasteiger partial charge in [-0.1, -0.05) is 51.1 Å². The Kier molecular flexibility index (Phi) is 21.7. The van der Waals surface area contributed by atoms with Crippen LogP contribution >= 0.6 is 11.3 Å². The van der Waals surface area contributed by atoms with E-state index in [9.17, 15) is 32.7 Å². The summed E-state index contributed by atoms with van der Waals surface area (Å²) in [6, 6.07) is 20.5. The number of piperazine rings is 1. The largest absolute Gasteiger partial charge is 0.391 e. The van der Waals surface area contributed by atoms with Gasteiger partial charge < -0.3 is 55.7 Å². The lowest BCUT2D eigenvalue weighted by atomic mass is 9.85. The smallest absolute Gasteiger partial charge is 0.246 e. The molecule has 0 radical (unpaired) electrons. The summed E-state index contributed by atoms with van der Waals surface area (Å²) in [5.74, 6) is -0.506. The number of aryl methyl sites for hydroxylation is 2. The van der Waals surface area contributed by atoms with E-state index >= 15 is 0 Å². The number of anilines is 5. The molecule has 2 aliphatic heterocycles. The molecule has 0 saturated carbocycles. The molecular weight excluding hydrogens is 1080 g/mol.